The first kappa shape index (κ1) is 10.8. The molecule has 0 atom stereocenters. The van der Waals surface area contributed by atoms with Gasteiger partial charge in [-0.25, -0.2) is 9.97 Å². The van der Waals surface area contributed by atoms with Crippen LogP contribution in [0.2, 0.25) is 5.28 Å². The number of rotatable bonds is 2. The average Bonchev–Trinajstić information content (AvgIpc) is 2.51. The van der Waals surface area contributed by atoms with Crippen LogP contribution in [-0.2, 0) is 4.74 Å². The predicted octanol–water partition coefficient (Wildman–Crippen LogP) is 3.14. The van der Waals surface area contributed by atoms with E-state index in [2.05, 4.69) is 23.0 Å². The van der Waals surface area contributed by atoms with Gasteiger partial charge in [-0.2, -0.15) is 0 Å². The molecule has 0 unspecified atom stereocenters. The summed E-state index contributed by atoms with van der Waals surface area (Å²) in [7, 11) is 0. The molecule has 0 N–H and O–H groups in total. The molecule has 1 fully saturated rings. The first-order valence-corrected chi connectivity index (χ1v) is 6.98. The molecule has 84 valence electrons. The molecule has 16 heavy (non-hydrogen) atoms. The third-order valence-electron chi connectivity index (χ3n) is 2.34. The van der Waals surface area contributed by atoms with E-state index in [0.717, 1.165) is 28.5 Å². The molecule has 0 saturated carbocycles. The number of nitrogens with zero attached hydrogens (tertiary/aromatic N) is 2. The van der Waals surface area contributed by atoms with Crippen molar-refractivity contribution in [3.05, 3.63) is 16.2 Å². The lowest BCUT2D eigenvalue weighted by atomic mass is 10.4. The van der Waals surface area contributed by atoms with Crippen molar-refractivity contribution >= 4 is 44.9 Å². The maximum atomic E-state index is 5.92. The molecule has 3 nitrogen and oxygen atoms in total. The number of hydrogen-bond acceptors (Lipinski definition) is 5. The van der Waals surface area contributed by atoms with Crippen molar-refractivity contribution in [2.24, 2.45) is 0 Å². The summed E-state index contributed by atoms with van der Waals surface area (Å²) in [5.74, 6) is 0. The van der Waals surface area contributed by atoms with Crippen LogP contribution >= 0.6 is 34.7 Å². The minimum atomic E-state index is 0.331. The molecule has 0 bridgehead atoms. The molecular formula is C10H9ClN2OS2. The van der Waals surface area contributed by atoms with Gasteiger partial charge < -0.3 is 4.74 Å². The van der Waals surface area contributed by atoms with Crippen molar-refractivity contribution in [3.8, 4) is 0 Å². The summed E-state index contributed by atoms with van der Waals surface area (Å²) in [5, 5.41) is 2.93. The lowest BCUT2D eigenvalue weighted by Crippen LogP contribution is -2.30. The van der Waals surface area contributed by atoms with E-state index in [4.69, 9.17) is 16.3 Å². The molecule has 0 aliphatic carbocycles. The minimum absolute atomic E-state index is 0.331. The molecule has 3 rings (SSSR count). The zero-order chi connectivity index (χ0) is 11.1. The van der Waals surface area contributed by atoms with Crippen LogP contribution in [0.1, 0.15) is 4.88 Å². The lowest BCUT2D eigenvalue weighted by molar-refractivity contribution is 0.0455. The molecule has 0 amide bonds. The number of ether oxygens (including phenoxy) is 1. The van der Waals surface area contributed by atoms with Gasteiger partial charge in [0.2, 0.25) is 5.28 Å². The van der Waals surface area contributed by atoms with Crippen molar-refractivity contribution in [1.29, 1.82) is 0 Å². The number of hydrogen-bond donors (Lipinski definition) is 0. The highest BCUT2D eigenvalue weighted by Gasteiger charge is 2.22. The minimum Gasteiger partial charge on any atom is -0.379 e. The van der Waals surface area contributed by atoms with E-state index >= 15 is 0 Å². The van der Waals surface area contributed by atoms with E-state index in [1.54, 1.807) is 23.1 Å². The zero-order valence-corrected chi connectivity index (χ0v) is 11.0. The molecule has 6 heteroatoms. The highest BCUT2D eigenvalue weighted by atomic mass is 35.5. The zero-order valence-electron chi connectivity index (χ0n) is 8.57. The van der Waals surface area contributed by atoms with Crippen LogP contribution in [0, 0.1) is 6.92 Å². The van der Waals surface area contributed by atoms with Gasteiger partial charge in [-0.15, -0.1) is 11.3 Å². The summed E-state index contributed by atoms with van der Waals surface area (Å²) in [6.07, 6.45) is 0. The second kappa shape index (κ2) is 4.14. The van der Waals surface area contributed by atoms with Gasteiger partial charge in [0.05, 0.1) is 18.5 Å². The predicted molar refractivity (Wildman–Crippen MR) is 67.6 cm³/mol. The Bertz CT molecular complexity index is 539. The van der Waals surface area contributed by atoms with Crippen molar-refractivity contribution in [1.82, 2.24) is 9.97 Å². The van der Waals surface area contributed by atoms with Crippen molar-refractivity contribution in [3.63, 3.8) is 0 Å². The van der Waals surface area contributed by atoms with E-state index in [9.17, 15) is 0 Å². The first-order chi connectivity index (χ1) is 7.72. The molecule has 3 heterocycles. The topological polar surface area (TPSA) is 35.0 Å². The lowest BCUT2D eigenvalue weighted by Gasteiger charge is -2.24. The van der Waals surface area contributed by atoms with E-state index < -0.39 is 0 Å². The molecule has 0 aromatic carbocycles. The van der Waals surface area contributed by atoms with Crippen LogP contribution in [0.4, 0.5) is 0 Å². The van der Waals surface area contributed by atoms with Gasteiger partial charge in [0.15, 0.2) is 0 Å². The van der Waals surface area contributed by atoms with Crippen LogP contribution in [0.15, 0.2) is 11.1 Å². The molecule has 0 radical (unpaired) electrons. The van der Waals surface area contributed by atoms with Gasteiger partial charge in [-0.05, 0) is 24.6 Å². The van der Waals surface area contributed by atoms with Crippen LogP contribution in [-0.4, -0.2) is 28.4 Å². The first-order valence-electron chi connectivity index (χ1n) is 4.90. The van der Waals surface area contributed by atoms with E-state index in [1.807, 2.05) is 0 Å². The molecular weight excluding hydrogens is 264 g/mol. The highest BCUT2D eigenvalue weighted by molar-refractivity contribution is 8.00. The molecule has 1 aliphatic heterocycles. The Morgan fingerprint density at radius 1 is 1.50 bits per heavy atom. The second-order valence-electron chi connectivity index (χ2n) is 3.65. The maximum absolute atomic E-state index is 5.92. The largest absolute Gasteiger partial charge is 0.379 e. The van der Waals surface area contributed by atoms with Crippen LogP contribution < -0.4 is 0 Å². The highest BCUT2D eigenvalue weighted by Crippen LogP contribution is 2.35. The molecule has 2 aromatic rings. The summed E-state index contributed by atoms with van der Waals surface area (Å²) in [6.45, 7) is 3.68. The molecule has 2 aromatic heterocycles. The van der Waals surface area contributed by atoms with E-state index in [1.165, 1.54) is 4.88 Å². The normalized spacial score (nSPS) is 16.6. The summed E-state index contributed by atoms with van der Waals surface area (Å²) >= 11 is 9.30. The van der Waals surface area contributed by atoms with Gasteiger partial charge in [0, 0.05) is 10.3 Å². The van der Waals surface area contributed by atoms with Crippen LogP contribution in [0.5, 0.6) is 0 Å². The number of aromatic nitrogens is 2. The Hall–Kier alpha value is -0.360. The number of thioether (sulfide) groups is 1. The maximum Gasteiger partial charge on any atom is 0.224 e. The monoisotopic (exact) mass is 272 g/mol. The Morgan fingerprint density at radius 3 is 3.00 bits per heavy atom. The number of halogens is 1. The third kappa shape index (κ3) is 1.93. The van der Waals surface area contributed by atoms with Crippen molar-refractivity contribution in [2.75, 3.05) is 13.2 Å². The fourth-order valence-corrected chi connectivity index (χ4v) is 3.80. The number of thiophene rings is 1. The fraction of sp³-hybridized carbons (Fsp3) is 0.400. The van der Waals surface area contributed by atoms with E-state index in [0.29, 0.717) is 10.5 Å². The smallest absolute Gasteiger partial charge is 0.224 e. The molecule has 1 aliphatic rings. The summed E-state index contributed by atoms with van der Waals surface area (Å²) in [5.41, 5.74) is 0. The Kier molecular flexibility index (Phi) is 2.79. The fourth-order valence-electron chi connectivity index (χ4n) is 1.52. The Balaban J connectivity index is 2.05. The number of aryl methyl sites for hydroxylation is 1. The third-order valence-corrected chi connectivity index (χ3v) is 4.59. The van der Waals surface area contributed by atoms with Gasteiger partial charge in [-0.3, -0.25) is 0 Å². The standard InChI is InChI=1S/C10H9ClN2OS2/c1-5-2-7-8(15-5)12-10(11)13-9(7)16-6-3-14-4-6/h2,6H,3-4H2,1H3. The van der Waals surface area contributed by atoms with Crippen molar-refractivity contribution in [2.45, 2.75) is 17.2 Å². The van der Waals surface area contributed by atoms with Gasteiger partial charge in [0.1, 0.15) is 9.86 Å². The summed E-state index contributed by atoms with van der Waals surface area (Å²) in [4.78, 5) is 10.7. The molecule has 0 spiro atoms. The summed E-state index contributed by atoms with van der Waals surface area (Å²) < 4.78 is 5.16. The van der Waals surface area contributed by atoms with Gasteiger partial charge >= 0.3 is 0 Å². The SMILES string of the molecule is Cc1cc2c(SC3COC3)nc(Cl)nc2s1. The van der Waals surface area contributed by atoms with Crippen LogP contribution in [0.25, 0.3) is 10.2 Å². The van der Waals surface area contributed by atoms with Crippen LogP contribution in [0.3, 0.4) is 0 Å². The Morgan fingerprint density at radius 2 is 2.31 bits per heavy atom. The van der Waals surface area contributed by atoms with Gasteiger partial charge in [0.25, 0.3) is 0 Å². The average molecular weight is 273 g/mol. The van der Waals surface area contributed by atoms with E-state index in [-0.39, 0.29) is 0 Å². The van der Waals surface area contributed by atoms with Gasteiger partial charge in [-0.1, -0.05) is 11.8 Å². The second-order valence-corrected chi connectivity index (χ2v) is 6.51. The Labute approximate surface area is 106 Å². The van der Waals surface area contributed by atoms with Crippen molar-refractivity contribution < 1.29 is 4.74 Å². The molecule has 1 saturated heterocycles. The summed E-state index contributed by atoms with van der Waals surface area (Å²) in [6, 6.07) is 2.12. The number of fused-ring (bicyclic) bond motifs is 1. The quantitative estimate of drug-likeness (QED) is 0.621.